The highest BCUT2D eigenvalue weighted by atomic mass is 32.2. The van der Waals surface area contributed by atoms with Gasteiger partial charge in [-0.15, -0.1) is 0 Å². The second kappa shape index (κ2) is 6.47. The van der Waals surface area contributed by atoms with Gasteiger partial charge in [-0.05, 0) is 49.6 Å². The topological polar surface area (TPSA) is 102 Å². The summed E-state index contributed by atoms with van der Waals surface area (Å²) in [5.41, 5.74) is 9.89. The summed E-state index contributed by atoms with van der Waals surface area (Å²) in [6.07, 6.45) is 2.55. The summed E-state index contributed by atoms with van der Waals surface area (Å²) < 4.78 is 32.2. The van der Waals surface area contributed by atoms with Crippen LogP contribution in [0.2, 0.25) is 0 Å². The van der Waals surface area contributed by atoms with Gasteiger partial charge in [-0.3, -0.25) is 0 Å². The molecule has 2 aromatic heterocycles. The van der Waals surface area contributed by atoms with Gasteiger partial charge >= 0.3 is 0 Å². The average molecular weight is 384 g/mol. The van der Waals surface area contributed by atoms with Crippen molar-refractivity contribution in [3.05, 3.63) is 47.8 Å². The molecular formula is C19H20N4O3S. The van der Waals surface area contributed by atoms with Crippen LogP contribution in [0, 0.1) is 13.8 Å². The number of hydrogen-bond donors (Lipinski definition) is 1. The maximum absolute atomic E-state index is 12.7. The average Bonchev–Trinajstić information content (AvgIpc) is 3.00. The van der Waals surface area contributed by atoms with E-state index in [1.165, 1.54) is 4.31 Å². The van der Waals surface area contributed by atoms with Gasteiger partial charge in [0.15, 0.2) is 5.76 Å². The quantitative estimate of drug-likeness (QED) is 0.742. The first kappa shape index (κ1) is 17.7. The molecule has 27 heavy (non-hydrogen) atoms. The Bertz CT molecular complexity index is 1120. The first-order valence-electron chi connectivity index (χ1n) is 8.66. The Labute approximate surface area is 157 Å². The Hall–Kier alpha value is -2.71. The van der Waals surface area contributed by atoms with Crippen LogP contribution < -0.4 is 5.73 Å². The highest BCUT2D eigenvalue weighted by Crippen LogP contribution is 2.33. The van der Waals surface area contributed by atoms with Gasteiger partial charge in [0.25, 0.3) is 0 Å². The molecule has 1 fully saturated rings. The second-order valence-corrected chi connectivity index (χ2v) is 8.66. The third-order valence-corrected chi connectivity index (χ3v) is 6.68. The molecule has 1 saturated heterocycles. The molecule has 0 atom stereocenters. The molecule has 0 radical (unpaired) electrons. The minimum absolute atomic E-state index is 0.289. The Morgan fingerprint density at radius 3 is 2.52 bits per heavy atom. The van der Waals surface area contributed by atoms with Crippen molar-refractivity contribution in [2.75, 3.05) is 18.8 Å². The van der Waals surface area contributed by atoms with Crippen molar-refractivity contribution in [1.29, 1.82) is 0 Å². The number of pyridine rings is 1. The largest absolute Gasteiger partial charge is 0.383 e. The lowest BCUT2D eigenvalue weighted by atomic mass is 10.00. The summed E-state index contributed by atoms with van der Waals surface area (Å²) in [7, 11) is -3.46. The SMILES string of the molecule is Cc1cc(-c2cc(-c3cc(S(=O)(=O)N4CCC4)ccc3C)cnc2N)on1. The molecule has 1 aromatic carbocycles. The molecular weight excluding hydrogens is 364 g/mol. The molecule has 1 aliphatic rings. The number of aryl methyl sites for hydroxylation is 2. The molecule has 0 bridgehead atoms. The fourth-order valence-electron chi connectivity index (χ4n) is 3.06. The monoisotopic (exact) mass is 384 g/mol. The molecule has 0 saturated carbocycles. The van der Waals surface area contributed by atoms with Crippen LogP contribution in [0.3, 0.4) is 0 Å². The van der Waals surface area contributed by atoms with E-state index in [1.807, 2.05) is 26.0 Å². The number of nitrogens with two attached hydrogens (primary N) is 1. The molecule has 140 valence electrons. The van der Waals surface area contributed by atoms with Crippen LogP contribution in [0.4, 0.5) is 5.82 Å². The van der Waals surface area contributed by atoms with E-state index in [-0.39, 0.29) is 4.90 Å². The summed E-state index contributed by atoms with van der Waals surface area (Å²) in [6, 6.07) is 8.81. The molecule has 7 nitrogen and oxygen atoms in total. The van der Waals surface area contributed by atoms with Gasteiger partial charge in [0.05, 0.1) is 16.2 Å². The number of rotatable bonds is 4. The predicted octanol–water partition coefficient (Wildman–Crippen LogP) is 3.00. The van der Waals surface area contributed by atoms with Gasteiger partial charge in [0.1, 0.15) is 5.82 Å². The Morgan fingerprint density at radius 1 is 1.11 bits per heavy atom. The number of anilines is 1. The summed E-state index contributed by atoms with van der Waals surface area (Å²) in [5, 5.41) is 3.89. The minimum Gasteiger partial charge on any atom is -0.383 e. The zero-order chi connectivity index (χ0) is 19.2. The van der Waals surface area contributed by atoms with E-state index in [9.17, 15) is 8.42 Å². The Morgan fingerprint density at radius 2 is 1.89 bits per heavy atom. The molecule has 1 aliphatic heterocycles. The van der Waals surface area contributed by atoms with Gasteiger partial charge in [0, 0.05) is 30.9 Å². The summed E-state index contributed by atoms with van der Waals surface area (Å²) in [4.78, 5) is 4.56. The van der Waals surface area contributed by atoms with Crippen molar-refractivity contribution in [2.24, 2.45) is 0 Å². The fraction of sp³-hybridized carbons (Fsp3) is 0.263. The number of hydrogen-bond acceptors (Lipinski definition) is 6. The maximum Gasteiger partial charge on any atom is 0.243 e. The molecule has 4 rings (SSSR count). The van der Waals surface area contributed by atoms with Gasteiger partial charge in [-0.1, -0.05) is 11.2 Å². The highest BCUT2D eigenvalue weighted by molar-refractivity contribution is 7.89. The van der Waals surface area contributed by atoms with Crippen LogP contribution >= 0.6 is 0 Å². The normalized spacial score (nSPS) is 14.9. The number of nitrogen functional groups attached to an aromatic ring is 1. The highest BCUT2D eigenvalue weighted by Gasteiger charge is 2.29. The zero-order valence-corrected chi connectivity index (χ0v) is 16.0. The first-order valence-corrected chi connectivity index (χ1v) is 10.1. The molecule has 0 unspecified atom stereocenters. The number of nitrogens with zero attached hydrogens (tertiary/aromatic N) is 3. The van der Waals surface area contributed by atoms with Crippen LogP contribution in [-0.4, -0.2) is 36.0 Å². The number of sulfonamides is 1. The van der Waals surface area contributed by atoms with Gasteiger partial charge < -0.3 is 10.3 Å². The first-order chi connectivity index (χ1) is 12.9. The van der Waals surface area contributed by atoms with E-state index in [4.69, 9.17) is 10.3 Å². The van der Waals surface area contributed by atoms with Crippen LogP contribution in [0.5, 0.6) is 0 Å². The third kappa shape index (κ3) is 3.11. The molecule has 2 N–H and O–H groups in total. The Kier molecular flexibility index (Phi) is 4.24. The Balaban J connectivity index is 1.81. The van der Waals surface area contributed by atoms with Crippen LogP contribution in [0.25, 0.3) is 22.5 Å². The minimum atomic E-state index is -3.46. The second-order valence-electron chi connectivity index (χ2n) is 6.72. The number of benzene rings is 1. The van der Waals surface area contributed by atoms with Crippen molar-refractivity contribution in [1.82, 2.24) is 14.4 Å². The molecule has 3 aromatic rings. The standard InChI is InChI=1S/C19H20N4O3S/c1-12-4-5-15(27(24,25)23-6-3-7-23)10-16(12)14-9-17(19(20)21-11-14)18-8-13(2)22-26-18/h4-5,8-11H,3,6-7H2,1-2H3,(H2,20,21). The van der Waals surface area contributed by atoms with E-state index < -0.39 is 10.0 Å². The molecule has 0 spiro atoms. The fourth-order valence-corrected chi connectivity index (χ4v) is 4.60. The van der Waals surface area contributed by atoms with Gasteiger partial charge in [0.2, 0.25) is 10.0 Å². The zero-order valence-electron chi connectivity index (χ0n) is 15.1. The van der Waals surface area contributed by atoms with Crippen molar-refractivity contribution in [3.8, 4) is 22.5 Å². The van der Waals surface area contributed by atoms with E-state index in [0.717, 1.165) is 28.8 Å². The van der Waals surface area contributed by atoms with Crippen molar-refractivity contribution in [2.45, 2.75) is 25.2 Å². The summed E-state index contributed by atoms with van der Waals surface area (Å²) >= 11 is 0. The van der Waals surface area contributed by atoms with Gasteiger partial charge in [-0.2, -0.15) is 4.31 Å². The van der Waals surface area contributed by atoms with Crippen LogP contribution in [-0.2, 0) is 10.0 Å². The molecule has 3 heterocycles. The predicted molar refractivity (Wildman–Crippen MR) is 102 cm³/mol. The van der Waals surface area contributed by atoms with Crippen LogP contribution in [0.15, 0.2) is 45.9 Å². The molecule has 0 amide bonds. The van der Waals surface area contributed by atoms with E-state index in [2.05, 4.69) is 10.1 Å². The summed E-state index contributed by atoms with van der Waals surface area (Å²) in [5.74, 6) is 0.860. The van der Waals surface area contributed by atoms with Crippen molar-refractivity contribution in [3.63, 3.8) is 0 Å². The summed E-state index contributed by atoms with van der Waals surface area (Å²) in [6.45, 7) is 4.91. The van der Waals surface area contributed by atoms with E-state index >= 15 is 0 Å². The van der Waals surface area contributed by atoms with Crippen molar-refractivity contribution < 1.29 is 12.9 Å². The maximum atomic E-state index is 12.7. The smallest absolute Gasteiger partial charge is 0.243 e. The van der Waals surface area contributed by atoms with Crippen LogP contribution in [0.1, 0.15) is 17.7 Å². The van der Waals surface area contributed by atoms with E-state index in [1.54, 1.807) is 24.4 Å². The lowest BCUT2D eigenvalue weighted by molar-refractivity contribution is 0.309. The number of aromatic nitrogens is 2. The third-order valence-electron chi connectivity index (χ3n) is 4.78. The molecule has 8 heteroatoms. The van der Waals surface area contributed by atoms with E-state index in [0.29, 0.717) is 30.2 Å². The lowest BCUT2D eigenvalue weighted by Gasteiger charge is -2.29. The molecule has 0 aliphatic carbocycles. The lowest BCUT2D eigenvalue weighted by Crippen LogP contribution is -2.41. The van der Waals surface area contributed by atoms with Crippen molar-refractivity contribution >= 4 is 15.8 Å². The van der Waals surface area contributed by atoms with Gasteiger partial charge in [-0.25, -0.2) is 13.4 Å².